The SMILES string of the molecule is CC1C(=O)Nc2cncnc2N1C. The molecular formula is C8H10N4O. The molecule has 0 aliphatic carbocycles. The normalized spacial score (nSPS) is 20.9. The first-order chi connectivity index (χ1) is 6.20. The van der Waals surface area contributed by atoms with Crippen molar-refractivity contribution in [2.45, 2.75) is 13.0 Å². The number of carbonyl (C=O) groups is 1. The molecule has 0 saturated heterocycles. The summed E-state index contributed by atoms with van der Waals surface area (Å²) < 4.78 is 0. The van der Waals surface area contributed by atoms with Crippen molar-refractivity contribution >= 4 is 17.4 Å². The molecule has 1 aromatic rings. The molecule has 0 bridgehead atoms. The van der Waals surface area contributed by atoms with Crippen molar-refractivity contribution in [2.75, 3.05) is 17.3 Å². The summed E-state index contributed by atoms with van der Waals surface area (Å²) in [5, 5.41) is 2.73. The van der Waals surface area contributed by atoms with Crippen LogP contribution in [-0.4, -0.2) is 29.0 Å². The van der Waals surface area contributed by atoms with E-state index in [1.807, 2.05) is 18.9 Å². The van der Waals surface area contributed by atoms with Crippen molar-refractivity contribution in [1.82, 2.24) is 9.97 Å². The minimum atomic E-state index is -0.178. The second kappa shape index (κ2) is 2.69. The van der Waals surface area contributed by atoms with Crippen LogP contribution in [0.25, 0.3) is 0 Å². The number of nitrogens with zero attached hydrogens (tertiary/aromatic N) is 3. The first-order valence-electron chi connectivity index (χ1n) is 4.04. The molecular weight excluding hydrogens is 168 g/mol. The van der Waals surface area contributed by atoms with Gasteiger partial charge < -0.3 is 10.2 Å². The number of rotatable bonds is 0. The van der Waals surface area contributed by atoms with Crippen LogP contribution in [0.3, 0.4) is 0 Å². The van der Waals surface area contributed by atoms with Crippen molar-refractivity contribution in [1.29, 1.82) is 0 Å². The number of aromatic nitrogens is 2. The third-order valence-electron chi connectivity index (χ3n) is 2.24. The van der Waals surface area contributed by atoms with Crippen LogP contribution >= 0.6 is 0 Å². The first kappa shape index (κ1) is 7.97. The number of nitrogens with one attached hydrogen (secondary N) is 1. The number of amides is 1. The van der Waals surface area contributed by atoms with E-state index >= 15 is 0 Å². The third kappa shape index (κ3) is 1.12. The zero-order chi connectivity index (χ0) is 9.42. The van der Waals surface area contributed by atoms with Gasteiger partial charge in [0.15, 0.2) is 5.82 Å². The zero-order valence-corrected chi connectivity index (χ0v) is 7.48. The highest BCUT2D eigenvalue weighted by atomic mass is 16.2. The fourth-order valence-corrected chi connectivity index (χ4v) is 1.29. The van der Waals surface area contributed by atoms with E-state index in [0.717, 1.165) is 5.82 Å². The molecule has 1 amide bonds. The summed E-state index contributed by atoms with van der Waals surface area (Å²) in [6, 6.07) is -0.178. The van der Waals surface area contributed by atoms with Crippen LogP contribution in [0.5, 0.6) is 0 Å². The Kier molecular flexibility index (Phi) is 1.65. The molecule has 68 valence electrons. The predicted octanol–water partition coefficient (Wildman–Crippen LogP) is 0.253. The van der Waals surface area contributed by atoms with Crippen LogP contribution in [0, 0.1) is 0 Å². The molecule has 0 radical (unpaired) electrons. The largest absolute Gasteiger partial charge is 0.346 e. The number of likely N-dealkylation sites (N-methyl/N-ethyl adjacent to an activating group) is 1. The highest BCUT2D eigenvalue weighted by Gasteiger charge is 2.27. The van der Waals surface area contributed by atoms with Crippen LogP contribution in [0.1, 0.15) is 6.92 Å². The predicted molar refractivity (Wildman–Crippen MR) is 48.5 cm³/mol. The van der Waals surface area contributed by atoms with E-state index < -0.39 is 0 Å². The lowest BCUT2D eigenvalue weighted by Crippen LogP contribution is -2.44. The highest BCUT2D eigenvalue weighted by Crippen LogP contribution is 2.26. The van der Waals surface area contributed by atoms with Gasteiger partial charge in [-0.1, -0.05) is 0 Å². The molecule has 1 aromatic heterocycles. The number of carbonyl (C=O) groups excluding carboxylic acids is 1. The Morgan fingerprint density at radius 2 is 2.38 bits per heavy atom. The molecule has 0 fully saturated rings. The summed E-state index contributed by atoms with van der Waals surface area (Å²) in [6.45, 7) is 1.83. The molecule has 1 aliphatic heterocycles. The Bertz CT molecular complexity index is 352. The van der Waals surface area contributed by atoms with Crippen LogP contribution in [0.4, 0.5) is 11.5 Å². The number of fused-ring (bicyclic) bond motifs is 1. The molecule has 5 nitrogen and oxygen atoms in total. The van der Waals surface area contributed by atoms with Gasteiger partial charge in [-0.05, 0) is 6.92 Å². The van der Waals surface area contributed by atoms with Gasteiger partial charge >= 0.3 is 0 Å². The van der Waals surface area contributed by atoms with Gasteiger partial charge in [0.05, 0.1) is 6.20 Å². The second-order valence-corrected chi connectivity index (χ2v) is 3.04. The quantitative estimate of drug-likeness (QED) is 0.618. The van der Waals surface area contributed by atoms with Gasteiger partial charge in [0.2, 0.25) is 5.91 Å². The van der Waals surface area contributed by atoms with Crippen molar-refractivity contribution in [2.24, 2.45) is 0 Å². The Morgan fingerprint density at radius 1 is 1.62 bits per heavy atom. The molecule has 2 rings (SSSR count). The molecule has 1 atom stereocenters. The summed E-state index contributed by atoms with van der Waals surface area (Å²) in [6.07, 6.45) is 3.07. The molecule has 2 heterocycles. The summed E-state index contributed by atoms with van der Waals surface area (Å²) >= 11 is 0. The van der Waals surface area contributed by atoms with E-state index in [-0.39, 0.29) is 11.9 Å². The highest BCUT2D eigenvalue weighted by molar-refractivity contribution is 6.02. The monoisotopic (exact) mass is 178 g/mol. The average Bonchev–Trinajstić information content (AvgIpc) is 2.15. The van der Waals surface area contributed by atoms with Gasteiger partial charge in [0.25, 0.3) is 0 Å². The van der Waals surface area contributed by atoms with Gasteiger partial charge in [0.1, 0.15) is 18.1 Å². The zero-order valence-electron chi connectivity index (χ0n) is 7.48. The number of hydrogen-bond donors (Lipinski definition) is 1. The molecule has 0 saturated carbocycles. The average molecular weight is 178 g/mol. The molecule has 0 spiro atoms. The van der Waals surface area contributed by atoms with Crippen LogP contribution in [0.2, 0.25) is 0 Å². The summed E-state index contributed by atoms with van der Waals surface area (Å²) in [5.74, 6) is 0.743. The summed E-state index contributed by atoms with van der Waals surface area (Å²) in [4.78, 5) is 21.1. The fraction of sp³-hybridized carbons (Fsp3) is 0.375. The van der Waals surface area contributed by atoms with Crippen molar-refractivity contribution in [3.8, 4) is 0 Å². The lowest BCUT2D eigenvalue weighted by Gasteiger charge is -2.31. The summed E-state index contributed by atoms with van der Waals surface area (Å²) in [5.41, 5.74) is 0.674. The van der Waals surface area contributed by atoms with E-state index in [1.54, 1.807) is 6.20 Å². The van der Waals surface area contributed by atoms with Crippen LogP contribution in [-0.2, 0) is 4.79 Å². The van der Waals surface area contributed by atoms with Gasteiger partial charge in [-0.2, -0.15) is 0 Å². The van der Waals surface area contributed by atoms with E-state index in [1.165, 1.54) is 6.33 Å². The topological polar surface area (TPSA) is 58.1 Å². The maximum absolute atomic E-state index is 11.4. The molecule has 5 heteroatoms. The van der Waals surface area contributed by atoms with E-state index in [2.05, 4.69) is 15.3 Å². The lowest BCUT2D eigenvalue weighted by atomic mass is 10.2. The van der Waals surface area contributed by atoms with Crippen LogP contribution < -0.4 is 10.2 Å². The first-order valence-corrected chi connectivity index (χ1v) is 4.04. The van der Waals surface area contributed by atoms with Crippen molar-refractivity contribution in [3.63, 3.8) is 0 Å². The van der Waals surface area contributed by atoms with Crippen molar-refractivity contribution in [3.05, 3.63) is 12.5 Å². The van der Waals surface area contributed by atoms with Crippen LogP contribution in [0.15, 0.2) is 12.5 Å². The Hall–Kier alpha value is -1.65. The second-order valence-electron chi connectivity index (χ2n) is 3.04. The van der Waals surface area contributed by atoms with Gasteiger partial charge in [-0.3, -0.25) is 4.79 Å². The summed E-state index contributed by atoms with van der Waals surface area (Å²) in [7, 11) is 1.84. The maximum atomic E-state index is 11.4. The maximum Gasteiger partial charge on any atom is 0.246 e. The third-order valence-corrected chi connectivity index (χ3v) is 2.24. The minimum Gasteiger partial charge on any atom is -0.346 e. The lowest BCUT2D eigenvalue weighted by molar-refractivity contribution is -0.117. The smallest absolute Gasteiger partial charge is 0.246 e. The minimum absolute atomic E-state index is 0.0233. The fourth-order valence-electron chi connectivity index (χ4n) is 1.29. The Labute approximate surface area is 75.8 Å². The molecule has 13 heavy (non-hydrogen) atoms. The number of hydrogen-bond acceptors (Lipinski definition) is 4. The van der Waals surface area contributed by atoms with Gasteiger partial charge in [-0.25, -0.2) is 9.97 Å². The van der Waals surface area contributed by atoms with Crippen molar-refractivity contribution < 1.29 is 4.79 Å². The Morgan fingerprint density at radius 3 is 3.15 bits per heavy atom. The Balaban J connectivity index is 2.49. The standard InChI is InChI=1S/C8H10N4O/c1-5-8(13)11-6-3-9-4-10-7(6)12(5)2/h3-5H,1-2H3,(H,11,13). The molecule has 1 aliphatic rings. The van der Waals surface area contributed by atoms with Gasteiger partial charge in [-0.15, -0.1) is 0 Å². The van der Waals surface area contributed by atoms with Gasteiger partial charge in [0, 0.05) is 7.05 Å². The molecule has 1 N–H and O–H groups in total. The number of anilines is 2. The molecule has 1 unspecified atom stereocenters. The van der Waals surface area contributed by atoms with E-state index in [9.17, 15) is 4.79 Å². The van der Waals surface area contributed by atoms with E-state index in [0.29, 0.717) is 5.69 Å². The van der Waals surface area contributed by atoms with E-state index in [4.69, 9.17) is 0 Å². The molecule has 0 aromatic carbocycles.